The molecule has 0 amide bonds. The van der Waals surface area contributed by atoms with Gasteiger partial charge in [0.05, 0.1) is 6.61 Å². The Balaban J connectivity index is 2.77. The van der Waals surface area contributed by atoms with Crippen LogP contribution in [-0.2, 0) is 9.59 Å². The van der Waals surface area contributed by atoms with Gasteiger partial charge in [0.25, 0.3) is 0 Å². The maximum atomic E-state index is 12.0. The highest BCUT2D eigenvalue weighted by Crippen LogP contribution is 2.32. The van der Waals surface area contributed by atoms with E-state index in [1.165, 1.54) is 12.8 Å². The summed E-state index contributed by atoms with van der Waals surface area (Å²) in [6.45, 7) is 6.81. The molecule has 0 saturated carbocycles. The molecule has 0 heterocycles. The zero-order valence-electron chi connectivity index (χ0n) is 17.1. The normalized spacial score (nSPS) is 10.5. The van der Waals surface area contributed by atoms with Crippen LogP contribution < -0.4 is 14.2 Å². The summed E-state index contributed by atoms with van der Waals surface area (Å²) in [6.07, 6.45) is 8.51. The molecule has 0 spiro atoms. The van der Waals surface area contributed by atoms with Crippen molar-refractivity contribution >= 4 is 11.9 Å². The van der Waals surface area contributed by atoms with Crippen LogP contribution in [0, 0.1) is 0 Å². The average Bonchev–Trinajstić information content (AvgIpc) is 2.66. The lowest BCUT2D eigenvalue weighted by molar-refractivity contribution is -0.137. The van der Waals surface area contributed by atoms with Crippen LogP contribution in [0.4, 0.5) is 0 Å². The fourth-order valence-electron chi connectivity index (χ4n) is 2.45. The summed E-state index contributed by atoms with van der Waals surface area (Å²) in [5.41, 5.74) is 0. The lowest BCUT2D eigenvalue weighted by Gasteiger charge is -2.13. The molecule has 0 aliphatic heterocycles. The van der Waals surface area contributed by atoms with Crippen molar-refractivity contribution in [3.63, 3.8) is 0 Å². The summed E-state index contributed by atoms with van der Waals surface area (Å²) in [4.78, 5) is 24.0. The van der Waals surface area contributed by atoms with Crippen LogP contribution in [0.5, 0.6) is 17.2 Å². The fraction of sp³-hybridized carbons (Fsp3) is 0.636. The van der Waals surface area contributed by atoms with Gasteiger partial charge in [-0.1, -0.05) is 52.9 Å². The SMILES string of the molecule is CCCCCCOc1ccc(OC(=O)CCCC)c(OC(=O)CCCC)c1. The predicted molar refractivity (Wildman–Crippen MR) is 106 cm³/mol. The number of esters is 2. The second-order valence-electron chi connectivity index (χ2n) is 6.67. The van der Waals surface area contributed by atoms with E-state index in [1.807, 2.05) is 13.8 Å². The number of unbranched alkanes of at least 4 members (excludes halogenated alkanes) is 5. The number of ether oxygens (including phenoxy) is 3. The van der Waals surface area contributed by atoms with Crippen molar-refractivity contribution in [2.45, 2.75) is 85.0 Å². The maximum Gasteiger partial charge on any atom is 0.311 e. The molecule has 1 aromatic carbocycles. The highest BCUT2D eigenvalue weighted by atomic mass is 16.6. The van der Waals surface area contributed by atoms with E-state index in [0.717, 1.165) is 38.5 Å². The summed E-state index contributed by atoms with van der Waals surface area (Å²) in [6, 6.07) is 5.01. The molecule has 0 fully saturated rings. The molecule has 0 saturated heterocycles. The first-order valence-electron chi connectivity index (χ1n) is 10.3. The number of carbonyl (C=O) groups excluding carboxylic acids is 2. The lowest BCUT2D eigenvalue weighted by atomic mass is 10.2. The Labute approximate surface area is 163 Å². The minimum atomic E-state index is -0.331. The zero-order chi connectivity index (χ0) is 19.9. The van der Waals surface area contributed by atoms with Crippen molar-refractivity contribution in [2.75, 3.05) is 6.61 Å². The Morgan fingerprint density at radius 3 is 1.93 bits per heavy atom. The zero-order valence-corrected chi connectivity index (χ0v) is 17.1. The van der Waals surface area contributed by atoms with E-state index in [-0.39, 0.29) is 23.4 Å². The highest BCUT2D eigenvalue weighted by molar-refractivity contribution is 5.76. The van der Waals surface area contributed by atoms with Crippen LogP contribution in [0.1, 0.15) is 85.0 Å². The second kappa shape index (κ2) is 14.1. The molecule has 152 valence electrons. The van der Waals surface area contributed by atoms with Gasteiger partial charge in [-0.15, -0.1) is 0 Å². The van der Waals surface area contributed by atoms with E-state index in [0.29, 0.717) is 25.2 Å². The van der Waals surface area contributed by atoms with Crippen molar-refractivity contribution in [2.24, 2.45) is 0 Å². The first-order valence-corrected chi connectivity index (χ1v) is 10.3. The quantitative estimate of drug-likeness (QED) is 0.231. The van der Waals surface area contributed by atoms with Gasteiger partial charge in [0, 0.05) is 18.9 Å². The number of carbonyl (C=O) groups is 2. The molecule has 0 bridgehead atoms. The minimum absolute atomic E-state index is 0.243. The standard InChI is InChI=1S/C22H34O5/c1-4-7-10-11-16-25-18-14-15-19(26-21(23)12-8-5-2)20(17-18)27-22(24)13-9-6-3/h14-15,17H,4-13,16H2,1-3H3. The number of hydrogen-bond donors (Lipinski definition) is 0. The van der Waals surface area contributed by atoms with Crippen molar-refractivity contribution < 1.29 is 23.8 Å². The molecule has 5 nitrogen and oxygen atoms in total. The largest absolute Gasteiger partial charge is 0.493 e. The van der Waals surface area contributed by atoms with Crippen molar-refractivity contribution in [3.8, 4) is 17.2 Å². The molecular weight excluding hydrogens is 344 g/mol. The molecule has 0 unspecified atom stereocenters. The van der Waals surface area contributed by atoms with Crippen LogP contribution in [0.3, 0.4) is 0 Å². The van der Waals surface area contributed by atoms with Crippen LogP contribution in [0.15, 0.2) is 18.2 Å². The lowest BCUT2D eigenvalue weighted by Crippen LogP contribution is -2.12. The van der Waals surface area contributed by atoms with Crippen LogP contribution in [0.25, 0.3) is 0 Å². The molecule has 0 N–H and O–H groups in total. The Bertz CT molecular complexity index is 568. The summed E-state index contributed by atoms with van der Waals surface area (Å²) in [7, 11) is 0. The highest BCUT2D eigenvalue weighted by Gasteiger charge is 2.15. The molecule has 0 atom stereocenters. The van der Waals surface area contributed by atoms with Gasteiger partial charge in [-0.3, -0.25) is 9.59 Å². The monoisotopic (exact) mass is 378 g/mol. The van der Waals surface area contributed by atoms with Gasteiger partial charge in [-0.25, -0.2) is 0 Å². The molecule has 1 aromatic rings. The maximum absolute atomic E-state index is 12.0. The van der Waals surface area contributed by atoms with Gasteiger partial charge < -0.3 is 14.2 Å². The van der Waals surface area contributed by atoms with Gasteiger partial charge in [-0.2, -0.15) is 0 Å². The van der Waals surface area contributed by atoms with E-state index in [4.69, 9.17) is 14.2 Å². The fourth-order valence-corrected chi connectivity index (χ4v) is 2.45. The average molecular weight is 379 g/mol. The van der Waals surface area contributed by atoms with Gasteiger partial charge >= 0.3 is 11.9 Å². The molecule has 0 aromatic heterocycles. The molecular formula is C22H34O5. The molecule has 1 rings (SSSR count). The molecule has 0 radical (unpaired) electrons. The minimum Gasteiger partial charge on any atom is -0.493 e. The molecule has 0 aliphatic carbocycles. The van der Waals surface area contributed by atoms with Gasteiger partial charge in [0.1, 0.15) is 5.75 Å². The van der Waals surface area contributed by atoms with Crippen molar-refractivity contribution in [3.05, 3.63) is 18.2 Å². The van der Waals surface area contributed by atoms with E-state index >= 15 is 0 Å². The Morgan fingerprint density at radius 2 is 1.33 bits per heavy atom. The Kier molecular flexibility index (Phi) is 12.0. The van der Waals surface area contributed by atoms with Gasteiger partial charge in [0.2, 0.25) is 0 Å². The van der Waals surface area contributed by atoms with Crippen LogP contribution in [0.2, 0.25) is 0 Å². The third-order valence-corrected chi connectivity index (χ3v) is 4.10. The van der Waals surface area contributed by atoms with E-state index in [2.05, 4.69) is 6.92 Å². The summed E-state index contributed by atoms with van der Waals surface area (Å²) in [5.74, 6) is 0.461. The summed E-state index contributed by atoms with van der Waals surface area (Å²) < 4.78 is 16.6. The Hall–Kier alpha value is -2.04. The third-order valence-electron chi connectivity index (χ3n) is 4.10. The topological polar surface area (TPSA) is 61.8 Å². The van der Waals surface area contributed by atoms with Crippen LogP contribution in [-0.4, -0.2) is 18.5 Å². The Morgan fingerprint density at radius 1 is 0.741 bits per heavy atom. The number of rotatable bonds is 14. The van der Waals surface area contributed by atoms with Crippen molar-refractivity contribution in [1.82, 2.24) is 0 Å². The molecule has 5 heteroatoms. The first kappa shape index (κ1) is 23.0. The number of benzene rings is 1. The van der Waals surface area contributed by atoms with Crippen molar-refractivity contribution in [1.29, 1.82) is 0 Å². The van der Waals surface area contributed by atoms with Gasteiger partial charge in [0.15, 0.2) is 11.5 Å². The smallest absolute Gasteiger partial charge is 0.311 e. The third kappa shape index (κ3) is 10.0. The molecule has 0 aliphatic rings. The molecule has 27 heavy (non-hydrogen) atoms. The van der Waals surface area contributed by atoms with E-state index in [9.17, 15) is 9.59 Å². The second-order valence-corrected chi connectivity index (χ2v) is 6.67. The first-order chi connectivity index (χ1) is 13.1. The van der Waals surface area contributed by atoms with Gasteiger partial charge in [-0.05, 0) is 31.4 Å². The van der Waals surface area contributed by atoms with E-state index in [1.54, 1.807) is 18.2 Å². The summed E-state index contributed by atoms with van der Waals surface area (Å²) >= 11 is 0. The van der Waals surface area contributed by atoms with E-state index < -0.39 is 0 Å². The number of hydrogen-bond acceptors (Lipinski definition) is 5. The van der Waals surface area contributed by atoms with Crippen LogP contribution >= 0.6 is 0 Å². The predicted octanol–water partition coefficient (Wildman–Crippen LogP) is 5.84. The summed E-state index contributed by atoms with van der Waals surface area (Å²) in [5, 5.41) is 0.